The third-order valence-electron chi connectivity index (χ3n) is 1.57. The summed E-state index contributed by atoms with van der Waals surface area (Å²) in [5.41, 5.74) is 2.35. The average Bonchev–Trinajstić information content (AvgIpc) is 2.16. The molecule has 1 aromatic rings. The van der Waals surface area contributed by atoms with Crippen LogP contribution in [-0.4, -0.2) is 18.0 Å². The van der Waals surface area contributed by atoms with Crippen molar-refractivity contribution in [1.29, 1.82) is 0 Å². The van der Waals surface area contributed by atoms with E-state index in [-0.39, 0.29) is 0 Å². The fourth-order valence-electron chi connectivity index (χ4n) is 0.824. The Morgan fingerprint density at radius 2 is 2.00 bits per heavy atom. The molecule has 0 aliphatic carbocycles. The second-order valence-electron chi connectivity index (χ2n) is 2.73. The maximum atomic E-state index is 4.80. The van der Waals surface area contributed by atoms with E-state index in [1.54, 1.807) is 11.0 Å². The van der Waals surface area contributed by atoms with Crippen molar-refractivity contribution in [2.75, 3.05) is 7.05 Å². The summed E-state index contributed by atoms with van der Waals surface area (Å²) >= 11 is 4.80. The zero-order valence-corrected chi connectivity index (χ0v) is 9.35. The van der Waals surface area contributed by atoms with Gasteiger partial charge in [0.15, 0.2) is 0 Å². The van der Waals surface area contributed by atoms with E-state index in [1.807, 2.05) is 19.2 Å². The van der Waals surface area contributed by atoms with Crippen LogP contribution in [0.3, 0.4) is 0 Å². The van der Waals surface area contributed by atoms with E-state index >= 15 is 0 Å². The van der Waals surface area contributed by atoms with Crippen LogP contribution >= 0.6 is 7.51 Å². The largest absolute Gasteiger partial charge is 0.240 e. The summed E-state index contributed by atoms with van der Waals surface area (Å²) in [5.74, 6) is 0. The molecule has 0 heterocycles. The third kappa shape index (κ3) is 3.62. The van der Waals surface area contributed by atoms with E-state index in [1.165, 1.54) is 5.56 Å². The molecule has 0 saturated carbocycles. The number of aryl methyl sites for hydroxylation is 1. The van der Waals surface area contributed by atoms with Crippen molar-refractivity contribution in [3.8, 4) is 0 Å². The Labute approximate surface area is 85.2 Å². The molecule has 68 valence electrons. The molecule has 0 bridgehead atoms. The van der Waals surface area contributed by atoms with E-state index in [9.17, 15) is 0 Å². The van der Waals surface area contributed by atoms with E-state index in [0.717, 1.165) is 13.1 Å². The molecule has 0 spiro atoms. The smallest absolute Gasteiger partial charge is 0.111 e. The van der Waals surface area contributed by atoms with Gasteiger partial charge >= 0.3 is 0 Å². The molecule has 0 aliphatic rings. The zero-order chi connectivity index (χ0) is 9.68. The number of rotatable bonds is 3. The van der Waals surface area contributed by atoms with Crippen LogP contribution in [0, 0.1) is 6.92 Å². The SMILES string of the molecule is Cc1ccc(C=NN(C)P=S)cc1. The maximum Gasteiger partial charge on any atom is 0.111 e. The van der Waals surface area contributed by atoms with Crippen molar-refractivity contribution in [1.82, 2.24) is 4.78 Å². The molecule has 0 aliphatic heterocycles. The predicted molar refractivity (Wildman–Crippen MR) is 60.8 cm³/mol. The van der Waals surface area contributed by atoms with Crippen molar-refractivity contribution < 1.29 is 0 Å². The highest BCUT2D eigenvalue weighted by Crippen LogP contribution is 2.03. The highest BCUT2D eigenvalue weighted by atomic mass is 32.4. The lowest BCUT2D eigenvalue weighted by Gasteiger charge is -2.01. The summed E-state index contributed by atoms with van der Waals surface area (Å²) in [6.45, 7) is 2.06. The fraction of sp³-hybridized carbons (Fsp3) is 0.222. The molecule has 1 aromatic carbocycles. The molecule has 0 radical (unpaired) electrons. The quantitative estimate of drug-likeness (QED) is 0.433. The van der Waals surface area contributed by atoms with Crippen molar-refractivity contribution in [2.45, 2.75) is 6.92 Å². The first-order chi connectivity index (χ1) is 6.22. The molecule has 1 rings (SSSR count). The number of hydrogen-bond donors (Lipinski definition) is 0. The van der Waals surface area contributed by atoms with Gasteiger partial charge in [0.1, 0.15) is 7.51 Å². The molecule has 0 atom stereocenters. The van der Waals surface area contributed by atoms with Gasteiger partial charge in [-0.15, -0.1) is 0 Å². The van der Waals surface area contributed by atoms with Crippen LogP contribution in [0.2, 0.25) is 0 Å². The molecule has 0 N–H and O–H groups in total. The Balaban J connectivity index is 2.69. The van der Waals surface area contributed by atoms with Gasteiger partial charge in [-0.2, -0.15) is 5.10 Å². The lowest BCUT2D eigenvalue weighted by atomic mass is 10.2. The van der Waals surface area contributed by atoms with Gasteiger partial charge in [0.25, 0.3) is 0 Å². The topological polar surface area (TPSA) is 15.6 Å². The molecule has 0 saturated heterocycles. The van der Waals surface area contributed by atoms with Crippen LogP contribution < -0.4 is 0 Å². The van der Waals surface area contributed by atoms with Gasteiger partial charge < -0.3 is 0 Å². The molecule has 0 aromatic heterocycles. The summed E-state index contributed by atoms with van der Waals surface area (Å²) in [6, 6.07) is 8.19. The lowest BCUT2D eigenvalue weighted by molar-refractivity contribution is 0.617. The van der Waals surface area contributed by atoms with Crippen molar-refractivity contribution >= 4 is 25.5 Å². The number of hydrogen-bond acceptors (Lipinski definition) is 2. The van der Waals surface area contributed by atoms with Crippen molar-refractivity contribution in [2.24, 2.45) is 5.10 Å². The number of benzene rings is 1. The van der Waals surface area contributed by atoms with Gasteiger partial charge in [0.2, 0.25) is 0 Å². The number of hydrazone groups is 1. The Kier molecular flexibility index (Phi) is 4.00. The van der Waals surface area contributed by atoms with Crippen molar-refractivity contribution in [3.63, 3.8) is 0 Å². The molecule has 0 amide bonds. The van der Waals surface area contributed by atoms with Crippen LogP contribution in [0.5, 0.6) is 0 Å². The van der Waals surface area contributed by atoms with E-state index in [4.69, 9.17) is 11.8 Å². The molecular weight excluding hydrogens is 199 g/mol. The van der Waals surface area contributed by atoms with Gasteiger partial charge in [-0.1, -0.05) is 29.8 Å². The highest BCUT2D eigenvalue weighted by molar-refractivity contribution is 7.95. The average molecular weight is 210 g/mol. The van der Waals surface area contributed by atoms with Gasteiger partial charge in [0.05, 0.1) is 6.21 Å². The molecule has 2 nitrogen and oxygen atoms in total. The standard InChI is InChI=1S/C9H11N2PS/c1-8-3-5-9(6-4-8)7-10-11(2)12-13/h3-7H,1-2H3. The second kappa shape index (κ2) is 5.05. The van der Waals surface area contributed by atoms with Crippen LogP contribution in [-0.2, 0) is 11.8 Å². The summed E-state index contributed by atoms with van der Waals surface area (Å²) in [4.78, 5) is 0. The van der Waals surface area contributed by atoms with Gasteiger partial charge in [-0.05, 0) is 24.3 Å². The molecule has 0 unspecified atom stereocenters. The van der Waals surface area contributed by atoms with Crippen LogP contribution in [0.25, 0.3) is 0 Å². The zero-order valence-electron chi connectivity index (χ0n) is 7.64. The van der Waals surface area contributed by atoms with Gasteiger partial charge in [-0.25, -0.2) is 4.78 Å². The Morgan fingerprint density at radius 3 is 2.54 bits per heavy atom. The van der Waals surface area contributed by atoms with Crippen LogP contribution in [0.15, 0.2) is 29.4 Å². The first-order valence-electron chi connectivity index (χ1n) is 3.90. The first kappa shape index (κ1) is 10.3. The fourth-order valence-corrected chi connectivity index (χ4v) is 1.04. The Morgan fingerprint density at radius 1 is 1.38 bits per heavy atom. The van der Waals surface area contributed by atoms with E-state index in [0.29, 0.717) is 0 Å². The summed E-state index contributed by atoms with van der Waals surface area (Å²) in [5, 5.41) is 4.13. The predicted octanol–water partition coefficient (Wildman–Crippen LogP) is 2.58. The third-order valence-corrected chi connectivity index (χ3v) is 2.62. The second-order valence-corrected chi connectivity index (χ2v) is 3.96. The maximum absolute atomic E-state index is 4.80. The van der Waals surface area contributed by atoms with Gasteiger partial charge in [-0.3, -0.25) is 0 Å². The van der Waals surface area contributed by atoms with Crippen LogP contribution in [0.4, 0.5) is 0 Å². The van der Waals surface area contributed by atoms with Crippen molar-refractivity contribution in [3.05, 3.63) is 35.4 Å². The highest BCUT2D eigenvalue weighted by Gasteiger charge is 1.87. The number of nitrogens with zero attached hydrogens (tertiary/aromatic N) is 2. The van der Waals surface area contributed by atoms with E-state index < -0.39 is 0 Å². The lowest BCUT2D eigenvalue weighted by Crippen LogP contribution is -1.94. The summed E-state index contributed by atoms with van der Waals surface area (Å²) in [6.07, 6.45) is 1.80. The monoisotopic (exact) mass is 210 g/mol. The molecular formula is C9H11N2PS. The molecule has 0 fully saturated rings. The molecule has 13 heavy (non-hydrogen) atoms. The minimum absolute atomic E-state index is 0.733. The normalized spacial score (nSPS) is 10.9. The minimum atomic E-state index is 0.733. The van der Waals surface area contributed by atoms with E-state index in [2.05, 4.69) is 24.2 Å². The Hall–Kier alpha value is -0.790. The molecule has 4 heteroatoms. The summed E-state index contributed by atoms with van der Waals surface area (Å²) < 4.78 is 1.69. The summed E-state index contributed by atoms with van der Waals surface area (Å²) in [7, 11) is 2.58. The minimum Gasteiger partial charge on any atom is -0.240 e. The van der Waals surface area contributed by atoms with Gasteiger partial charge in [0, 0.05) is 7.05 Å². The Bertz CT molecular complexity index is 308. The van der Waals surface area contributed by atoms with Crippen LogP contribution in [0.1, 0.15) is 11.1 Å². The first-order valence-corrected chi connectivity index (χ1v) is 5.76.